The molecule has 0 aliphatic rings. The van der Waals surface area contributed by atoms with E-state index in [1.807, 2.05) is 43.3 Å². The quantitative estimate of drug-likeness (QED) is 0.871. The van der Waals surface area contributed by atoms with Crippen LogP contribution in [0.2, 0.25) is 0 Å². The van der Waals surface area contributed by atoms with Crippen LogP contribution < -0.4 is 0 Å². The van der Waals surface area contributed by atoms with Crippen molar-refractivity contribution in [3.8, 4) is 0 Å². The molecule has 1 N–H and O–H groups in total. The fraction of sp³-hybridized carbons (Fsp3) is 0.167. The summed E-state index contributed by atoms with van der Waals surface area (Å²) >= 11 is 0. The van der Waals surface area contributed by atoms with E-state index in [-0.39, 0.29) is 5.97 Å². The van der Waals surface area contributed by atoms with Gasteiger partial charge in [-0.25, -0.2) is 4.79 Å². The van der Waals surface area contributed by atoms with E-state index in [1.165, 1.54) is 7.11 Å². The summed E-state index contributed by atoms with van der Waals surface area (Å²) in [5.41, 5.74) is 3.10. The van der Waals surface area contributed by atoms with Crippen molar-refractivity contribution in [3.05, 3.63) is 76.9 Å². The Morgan fingerprint density at radius 3 is 2.29 bits per heavy atom. The van der Waals surface area contributed by atoms with Gasteiger partial charge in [-0.3, -0.25) is 0 Å². The Morgan fingerprint density at radius 1 is 1.10 bits per heavy atom. The van der Waals surface area contributed by atoms with Gasteiger partial charge in [0.25, 0.3) is 0 Å². The summed E-state index contributed by atoms with van der Waals surface area (Å²) < 4.78 is 4.65. The molecule has 0 fully saturated rings. The molecule has 0 spiro atoms. The van der Waals surface area contributed by atoms with Crippen LogP contribution in [-0.4, -0.2) is 18.2 Å². The molecule has 2 rings (SSSR count). The van der Waals surface area contributed by atoms with Gasteiger partial charge < -0.3 is 9.84 Å². The topological polar surface area (TPSA) is 46.5 Å². The molecule has 0 aliphatic carbocycles. The Labute approximate surface area is 124 Å². The fourth-order valence-electron chi connectivity index (χ4n) is 2.07. The Balaban J connectivity index is 2.18. The van der Waals surface area contributed by atoms with Crippen molar-refractivity contribution < 1.29 is 14.6 Å². The molecule has 0 aromatic heterocycles. The summed E-state index contributed by atoms with van der Waals surface area (Å²) in [5, 5.41) is 10.4. The lowest BCUT2D eigenvalue weighted by Crippen LogP contribution is -2.03. The predicted octanol–water partition coefficient (Wildman–Crippen LogP) is 3.61. The van der Waals surface area contributed by atoms with Gasteiger partial charge >= 0.3 is 5.97 Å². The predicted molar refractivity (Wildman–Crippen MR) is 82.8 cm³/mol. The molecule has 1 atom stereocenters. The molecule has 2 aromatic carbocycles. The molecular formula is C18H18O3. The van der Waals surface area contributed by atoms with Crippen LogP contribution in [0.25, 0.3) is 6.08 Å². The molecule has 0 saturated carbocycles. The van der Waals surface area contributed by atoms with Crippen molar-refractivity contribution in [2.75, 3.05) is 7.11 Å². The van der Waals surface area contributed by atoms with E-state index in [1.54, 1.807) is 24.3 Å². The number of aliphatic hydroxyl groups excluding tert-OH is 1. The second kappa shape index (κ2) is 6.86. The SMILES string of the molecule is COC(=O)c1ccc([C@H](O)/C(C)=C/c2ccccc2)cc1. The lowest BCUT2D eigenvalue weighted by molar-refractivity contribution is 0.0600. The van der Waals surface area contributed by atoms with E-state index in [0.29, 0.717) is 5.56 Å². The van der Waals surface area contributed by atoms with Crippen LogP contribution in [0.15, 0.2) is 60.2 Å². The third-order valence-electron chi connectivity index (χ3n) is 3.27. The highest BCUT2D eigenvalue weighted by Gasteiger charge is 2.11. The third-order valence-corrected chi connectivity index (χ3v) is 3.27. The molecule has 0 aliphatic heterocycles. The zero-order valence-electron chi connectivity index (χ0n) is 12.1. The Bertz CT molecular complexity index is 627. The number of benzene rings is 2. The molecule has 0 bridgehead atoms. The monoisotopic (exact) mass is 282 g/mol. The van der Waals surface area contributed by atoms with Gasteiger partial charge in [0.05, 0.1) is 12.7 Å². The van der Waals surface area contributed by atoms with E-state index in [2.05, 4.69) is 4.74 Å². The number of carbonyl (C=O) groups excluding carboxylic acids is 1. The first-order chi connectivity index (χ1) is 10.1. The molecule has 3 heteroatoms. The smallest absolute Gasteiger partial charge is 0.337 e. The van der Waals surface area contributed by atoms with Gasteiger partial charge in [-0.05, 0) is 35.8 Å². The molecule has 21 heavy (non-hydrogen) atoms. The number of hydrogen-bond donors (Lipinski definition) is 1. The standard InChI is InChI=1S/C18H18O3/c1-13(12-14-6-4-3-5-7-14)17(19)15-8-10-16(11-9-15)18(20)21-2/h3-12,17,19H,1-2H3/b13-12+/t17-/m1/s1. The van der Waals surface area contributed by atoms with Crippen LogP contribution in [0.4, 0.5) is 0 Å². The van der Waals surface area contributed by atoms with Gasteiger partial charge in [-0.1, -0.05) is 48.5 Å². The Hall–Kier alpha value is -2.39. The fourth-order valence-corrected chi connectivity index (χ4v) is 2.07. The highest BCUT2D eigenvalue weighted by atomic mass is 16.5. The van der Waals surface area contributed by atoms with Gasteiger partial charge in [0.15, 0.2) is 0 Å². The lowest BCUT2D eigenvalue weighted by atomic mass is 9.99. The van der Waals surface area contributed by atoms with E-state index < -0.39 is 6.10 Å². The lowest BCUT2D eigenvalue weighted by Gasteiger charge is -2.12. The van der Waals surface area contributed by atoms with Crippen LogP contribution in [0.3, 0.4) is 0 Å². The summed E-state index contributed by atoms with van der Waals surface area (Å²) in [4.78, 5) is 11.4. The largest absolute Gasteiger partial charge is 0.465 e. The van der Waals surface area contributed by atoms with Gasteiger partial charge in [0.1, 0.15) is 6.10 Å². The van der Waals surface area contributed by atoms with Crippen molar-refractivity contribution in [2.45, 2.75) is 13.0 Å². The molecule has 0 saturated heterocycles. The number of hydrogen-bond acceptors (Lipinski definition) is 3. The normalized spacial score (nSPS) is 12.8. The van der Waals surface area contributed by atoms with Gasteiger partial charge in [0.2, 0.25) is 0 Å². The number of rotatable bonds is 4. The average molecular weight is 282 g/mol. The number of esters is 1. The summed E-state index contributed by atoms with van der Waals surface area (Å²) in [7, 11) is 1.35. The zero-order valence-corrected chi connectivity index (χ0v) is 12.1. The molecule has 0 amide bonds. The summed E-state index contributed by atoms with van der Waals surface area (Å²) in [6.07, 6.45) is 1.25. The number of methoxy groups -OCH3 is 1. The molecule has 108 valence electrons. The van der Waals surface area contributed by atoms with Gasteiger partial charge in [-0.2, -0.15) is 0 Å². The first-order valence-electron chi connectivity index (χ1n) is 6.71. The minimum Gasteiger partial charge on any atom is -0.465 e. The van der Waals surface area contributed by atoms with Crippen LogP contribution in [-0.2, 0) is 4.74 Å². The van der Waals surface area contributed by atoms with Crippen LogP contribution in [0.5, 0.6) is 0 Å². The Morgan fingerprint density at radius 2 is 1.71 bits per heavy atom. The van der Waals surface area contributed by atoms with Gasteiger partial charge in [-0.15, -0.1) is 0 Å². The molecule has 0 unspecified atom stereocenters. The summed E-state index contributed by atoms with van der Waals surface area (Å²) in [5.74, 6) is -0.382. The van der Waals surface area contributed by atoms with E-state index in [9.17, 15) is 9.90 Å². The van der Waals surface area contributed by atoms with Crippen molar-refractivity contribution >= 4 is 12.0 Å². The van der Waals surface area contributed by atoms with Crippen molar-refractivity contribution in [1.82, 2.24) is 0 Å². The second-order valence-electron chi connectivity index (χ2n) is 4.82. The van der Waals surface area contributed by atoms with Gasteiger partial charge in [0, 0.05) is 0 Å². The summed E-state index contributed by atoms with van der Waals surface area (Å²) in [6.45, 7) is 1.88. The molecule has 0 radical (unpaired) electrons. The molecule has 2 aromatic rings. The minimum atomic E-state index is -0.697. The maximum atomic E-state index is 11.4. The van der Waals surface area contributed by atoms with E-state index >= 15 is 0 Å². The average Bonchev–Trinajstić information content (AvgIpc) is 2.54. The number of aliphatic hydroxyl groups is 1. The molecular weight excluding hydrogens is 264 g/mol. The van der Waals surface area contributed by atoms with Crippen molar-refractivity contribution in [2.24, 2.45) is 0 Å². The van der Waals surface area contributed by atoms with Crippen LogP contribution in [0, 0.1) is 0 Å². The van der Waals surface area contributed by atoms with Crippen molar-refractivity contribution in [3.63, 3.8) is 0 Å². The maximum Gasteiger partial charge on any atom is 0.337 e. The first kappa shape index (κ1) is 15.0. The second-order valence-corrected chi connectivity index (χ2v) is 4.82. The highest BCUT2D eigenvalue weighted by Crippen LogP contribution is 2.23. The third kappa shape index (κ3) is 3.80. The summed E-state index contributed by atoms with van der Waals surface area (Å²) in [6, 6.07) is 16.6. The maximum absolute atomic E-state index is 11.4. The number of ether oxygens (including phenoxy) is 1. The van der Waals surface area contributed by atoms with Crippen molar-refractivity contribution in [1.29, 1.82) is 0 Å². The molecule has 3 nitrogen and oxygen atoms in total. The molecule has 0 heterocycles. The number of carbonyl (C=O) groups is 1. The Kier molecular flexibility index (Phi) is 4.90. The first-order valence-corrected chi connectivity index (χ1v) is 6.71. The van der Waals surface area contributed by atoms with Crippen LogP contribution >= 0.6 is 0 Å². The minimum absolute atomic E-state index is 0.382. The zero-order chi connectivity index (χ0) is 15.2. The van der Waals surface area contributed by atoms with E-state index in [4.69, 9.17) is 0 Å². The highest BCUT2D eigenvalue weighted by molar-refractivity contribution is 5.89. The van der Waals surface area contributed by atoms with E-state index in [0.717, 1.165) is 16.7 Å². The van der Waals surface area contributed by atoms with Crippen LogP contribution in [0.1, 0.15) is 34.5 Å².